The van der Waals surface area contributed by atoms with E-state index < -0.39 is 0 Å². The minimum absolute atomic E-state index is 0.0188. The molecule has 1 fully saturated rings. The van der Waals surface area contributed by atoms with E-state index in [0.717, 1.165) is 42.9 Å². The lowest BCUT2D eigenvalue weighted by atomic mass is 10.0. The molecule has 0 aliphatic carbocycles. The van der Waals surface area contributed by atoms with E-state index in [9.17, 15) is 9.18 Å². The Balaban J connectivity index is 1.55. The average molecular weight is 344 g/mol. The molecule has 1 amide bonds. The van der Waals surface area contributed by atoms with Crippen molar-refractivity contribution in [1.82, 2.24) is 20.4 Å². The Hall–Kier alpha value is -2.21. The Morgan fingerprint density at radius 3 is 2.92 bits per heavy atom. The number of nitrogens with one attached hydrogen (secondary N) is 2. The van der Waals surface area contributed by atoms with Crippen LogP contribution in [0.1, 0.15) is 35.4 Å². The molecule has 2 heterocycles. The van der Waals surface area contributed by atoms with Crippen molar-refractivity contribution in [3.05, 3.63) is 52.6 Å². The lowest BCUT2D eigenvalue weighted by Crippen LogP contribution is -2.47. The summed E-state index contributed by atoms with van der Waals surface area (Å²) in [6.07, 6.45) is 2.31. The molecule has 0 spiro atoms. The summed E-state index contributed by atoms with van der Waals surface area (Å²) in [6, 6.07) is 6.99. The molecular formula is C19H25FN4O. The van der Waals surface area contributed by atoms with Gasteiger partial charge in [-0.05, 0) is 39.3 Å². The van der Waals surface area contributed by atoms with E-state index >= 15 is 0 Å². The van der Waals surface area contributed by atoms with Crippen molar-refractivity contribution >= 4 is 5.91 Å². The second-order valence-electron chi connectivity index (χ2n) is 6.82. The van der Waals surface area contributed by atoms with Crippen molar-refractivity contribution in [3.8, 4) is 0 Å². The molecule has 0 saturated carbocycles. The molecule has 0 bridgehead atoms. The highest BCUT2D eigenvalue weighted by atomic mass is 19.1. The number of halogens is 1. The van der Waals surface area contributed by atoms with Crippen LogP contribution in [0.2, 0.25) is 0 Å². The van der Waals surface area contributed by atoms with E-state index in [0.29, 0.717) is 18.5 Å². The third-order valence-corrected chi connectivity index (χ3v) is 4.84. The summed E-state index contributed by atoms with van der Waals surface area (Å²) in [6.45, 7) is 6.10. The highest BCUT2D eigenvalue weighted by Crippen LogP contribution is 2.16. The number of H-pyrrole nitrogens is 1. The summed E-state index contributed by atoms with van der Waals surface area (Å²) in [5.74, 6) is -0.148. The number of aromatic amines is 1. The van der Waals surface area contributed by atoms with Gasteiger partial charge in [-0.25, -0.2) is 4.39 Å². The number of carbonyl (C=O) groups excluding carboxylic acids is 1. The summed E-state index contributed by atoms with van der Waals surface area (Å²) in [4.78, 5) is 14.6. The number of hydrogen-bond donors (Lipinski definition) is 2. The standard InChI is InChI=1S/C19H25FN4O/c1-13-17(14(2)23-22-13)10-19(25)21-16-7-5-9-24(12-16)11-15-6-3-4-8-18(15)20/h3-4,6,8,16H,5,7,9-12H2,1-2H3,(H,21,25)(H,22,23)/t16-/m1/s1. The number of likely N-dealkylation sites (tertiary alicyclic amines) is 1. The molecule has 1 saturated heterocycles. The van der Waals surface area contributed by atoms with Crippen LogP contribution in [0, 0.1) is 19.7 Å². The van der Waals surface area contributed by atoms with Crippen molar-refractivity contribution in [2.24, 2.45) is 0 Å². The van der Waals surface area contributed by atoms with Crippen LogP contribution >= 0.6 is 0 Å². The first kappa shape index (κ1) is 17.6. The summed E-state index contributed by atoms with van der Waals surface area (Å²) in [5, 5.41) is 10.2. The minimum atomic E-state index is -0.167. The third-order valence-electron chi connectivity index (χ3n) is 4.84. The zero-order valence-electron chi connectivity index (χ0n) is 14.8. The first-order chi connectivity index (χ1) is 12.0. The molecule has 5 nitrogen and oxygen atoms in total. The number of aryl methyl sites for hydroxylation is 2. The zero-order chi connectivity index (χ0) is 17.8. The summed E-state index contributed by atoms with van der Waals surface area (Å²) in [5.41, 5.74) is 3.49. The van der Waals surface area contributed by atoms with E-state index in [2.05, 4.69) is 20.4 Å². The van der Waals surface area contributed by atoms with E-state index in [4.69, 9.17) is 0 Å². The second-order valence-corrected chi connectivity index (χ2v) is 6.82. The number of aromatic nitrogens is 2. The van der Waals surface area contributed by atoms with Gasteiger partial charge in [-0.2, -0.15) is 5.10 Å². The van der Waals surface area contributed by atoms with Gasteiger partial charge in [-0.3, -0.25) is 14.8 Å². The Labute approximate surface area is 147 Å². The number of hydrogen-bond acceptors (Lipinski definition) is 3. The summed E-state index contributed by atoms with van der Waals surface area (Å²) < 4.78 is 13.8. The maximum absolute atomic E-state index is 13.8. The molecule has 6 heteroatoms. The highest BCUT2D eigenvalue weighted by Gasteiger charge is 2.22. The van der Waals surface area contributed by atoms with Gasteiger partial charge in [0.05, 0.1) is 12.1 Å². The zero-order valence-corrected chi connectivity index (χ0v) is 14.8. The number of piperidine rings is 1. The van der Waals surface area contributed by atoms with Crippen LogP contribution in [0.3, 0.4) is 0 Å². The number of amides is 1. The van der Waals surface area contributed by atoms with E-state index in [-0.39, 0.29) is 17.8 Å². The monoisotopic (exact) mass is 344 g/mol. The van der Waals surface area contributed by atoms with Crippen molar-refractivity contribution in [3.63, 3.8) is 0 Å². The van der Waals surface area contributed by atoms with Gasteiger partial charge in [0.15, 0.2) is 0 Å². The molecule has 1 aliphatic rings. The quantitative estimate of drug-likeness (QED) is 0.876. The van der Waals surface area contributed by atoms with Gasteiger partial charge in [0, 0.05) is 36.0 Å². The van der Waals surface area contributed by atoms with Gasteiger partial charge >= 0.3 is 0 Å². The molecule has 1 aromatic carbocycles. The van der Waals surface area contributed by atoms with Gasteiger partial charge in [0.25, 0.3) is 0 Å². The number of benzene rings is 1. The molecule has 0 radical (unpaired) electrons. The van der Waals surface area contributed by atoms with Crippen molar-refractivity contribution < 1.29 is 9.18 Å². The lowest BCUT2D eigenvalue weighted by Gasteiger charge is -2.33. The van der Waals surface area contributed by atoms with Crippen LogP contribution in [0.25, 0.3) is 0 Å². The third kappa shape index (κ3) is 4.45. The van der Waals surface area contributed by atoms with Gasteiger partial charge in [0.2, 0.25) is 5.91 Å². The van der Waals surface area contributed by atoms with Gasteiger partial charge in [0.1, 0.15) is 5.82 Å². The van der Waals surface area contributed by atoms with Crippen LogP contribution in [-0.4, -0.2) is 40.1 Å². The van der Waals surface area contributed by atoms with Crippen LogP contribution in [0.15, 0.2) is 24.3 Å². The van der Waals surface area contributed by atoms with Crippen LogP contribution in [0.5, 0.6) is 0 Å². The minimum Gasteiger partial charge on any atom is -0.352 e. The molecule has 3 rings (SSSR count). The van der Waals surface area contributed by atoms with Crippen molar-refractivity contribution in [2.75, 3.05) is 13.1 Å². The van der Waals surface area contributed by atoms with E-state index in [1.165, 1.54) is 6.07 Å². The van der Waals surface area contributed by atoms with E-state index in [1.807, 2.05) is 26.0 Å². The molecule has 1 aromatic heterocycles. The lowest BCUT2D eigenvalue weighted by molar-refractivity contribution is -0.121. The maximum atomic E-state index is 13.8. The number of carbonyl (C=O) groups is 1. The van der Waals surface area contributed by atoms with Gasteiger partial charge < -0.3 is 5.32 Å². The Morgan fingerprint density at radius 1 is 1.40 bits per heavy atom. The average Bonchev–Trinajstić information content (AvgIpc) is 2.89. The fourth-order valence-electron chi connectivity index (χ4n) is 3.46. The first-order valence-corrected chi connectivity index (χ1v) is 8.78. The predicted octanol–water partition coefficient (Wildman–Crippen LogP) is 2.49. The SMILES string of the molecule is Cc1n[nH]c(C)c1CC(=O)N[C@@H]1CCCN(Cc2ccccc2F)C1. The normalized spacial score (nSPS) is 18.3. The maximum Gasteiger partial charge on any atom is 0.224 e. The van der Waals surface area contributed by atoms with Gasteiger partial charge in [-0.1, -0.05) is 18.2 Å². The highest BCUT2D eigenvalue weighted by molar-refractivity contribution is 5.79. The molecule has 0 unspecified atom stereocenters. The first-order valence-electron chi connectivity index (χ1n) is 8.78. The summed E-state index contributed by atoms with van der Waals surface area (Å²) in [7, 11) is 0. The Bertz CT molecular complexity index is 723. The smallest absolute Gasteiger partial charge is 0.224 e. The molecular weight excluding hydrogens is 319 g/mol. The largest absolute Gasteiger partial charge is 0.352 e. The van der Waals surface area contributed by atoms with E-state index in [1.54, 1.807) is 6.07 Å². The topological polar surface area (TPSA) is 61.0 Å². The number of nitrogens with zero attached hydrogens (tertiary/aromatic N) is 2. The fraction of sp³-hybridized carbons (Fsp3) is 0.474. The molecule has 1 atom stereocenters. The molecule has 134 valence electrons. The van der Waals surface area contributed by atoms with Gasteiger partial charge in [-0.15, -0.1) is 0 Å². The Morgan fingerprint density at radius 2 is 2.20 bits per heavy atom. The molecule has 2 aromatic rings. The van der Waals surface area contributed by atoms with Crippen LogP contribution in [0.4, 0.5) is 4.39 Å². The van der Waals surface area contributed by atoms with Crippen LogP contribution < -0.4 is 5.32 Å². The van der Waals surface area contributed by atoms with Crippen LogP contribution in [-0.2, 0) is 17.8 Å². The molecule has 2 N–H and O–H groups in total. The van der Waals surface area contributed by atoms with Crippen molar-refractivity contribution in [1.29, 1.82) is 0 Å². The Kier molecular flexibility index (Phi) is 5.48. The second kappa shape index (κ2) is 7.78. The van der Waals surface area contributed by atoms with Crippen molar-refractivity contribution in [2.45, 2.75) is 45.7 Å². The molecule has 1 aliphatic heterocycles. The fourth-order valence-corrected chi connectivity index (χ4v) is 3.46. The molecule has 25 heavy (non-hydrogen) atoms. The predicted molar refractivity (Wildman–Crippen MR) is 94.6 cm³/mol. The number of rotatable bonds is 5. The summed E-state index contributed by atoms with van der Waals surface area (Å²) >= 11 is 0.